The van der Waals surface area contributed by atoms with Crippen LogP contribution in [-0.4, -0.2) is 37.1 Å². The van der Waals surface area contributed by atoms with E-state index in [0.29, 0.717) is 19.0 Å². The largest absolute Gasteiger partial charge is 0.329 e. The van der Waals surface area contributed by atoms with Crippen LogP contribution in [0.4, 0.5) is 0 Å². The van der Waals surface area contributed by atoms with Crippen molar-refractivity contribution in [3.05, 3.63) is 0 Å². The standard InChI is InChI=1S/C15H32N2O2S/c1-4-6-12-20(18,19)17(11-5-2)15(13-16)9-7-14(3)8-10-15/h14H,4-13,16H2,1-3H3. The molecule has 120 valence electrons. The van der Waals surface area contributed by atoms with Gasteiger partial charge >= 0.3 is 0 Å². The van der Waals surface area contributed by atoms with E-state index in [2.05, 4.69) is 6.92 Å². The average molecular weight is 304 g/mol. The van der Waals surface area contributed by atoms with E-state index in [9.17, 15) is 8.42 Å². The molecule has 0 heterocycles. The van der Waals surface area contributed by atoms with Crippen LogP contribution in [0.15, 0.2) is 0 Å². The van der Waals surface area contributed by atoms with Crippen LogP contribution in [0.25, 0.3) is 0 Å². The molecule has 1 aliphatic carbocycles. The Morgan fingerprint density at radius 2 is 1.80 bits per heavy atom. The van der Waals surface area contributed by atoms with E-state index in [1.165, 1.54) is 0 Å². The quantitative estimate of drug-likeness (QED) is 0.750. The first-order chi connectivity index (χ1) is 9.41. The summed E-state index contributed by atoms with van der Waals surface area (Å²) in [7, 11) is -3.18. The topological polar surface area (TPSA) is 63.4 Å². The molecule has 1 fully saturated rings. The Labute approximate surface area is 125 Å². The smallest absolute Gasteiger partial charge is 0.214 e. The van der Waals surface area contributed by atoms with Gasteiger partial charge < -0.3 is 5.73 Å². The van der Waals surface area contributed by atoms with Gasteiger partial charge in [-0.25, -0.2) is 8.42 Å². The van der Waals surface area contributed by atoms with Crippen molar-refractivity contribution in [3.63, 3.8) is 0 Å². The lowest BCUT2D eigenvalue weighted by atomic mass is 9.77. The molecule has 2 N–H and O–H groups in total. The molecule has 0 saturated heterocycles. The number of hydrogen-bond acceptors (Lipinski definition) is 3. The summed E-state index contributed by atoms with van der Waals surface area (Å²) in [5.74, 6) is 0.956. The molecule has 0 amide bonds. The van der Waals surface area contributed by atoms with Gasteiger partial charge in [0.25, 0.3) is 0 Å². The Hall–Kier alpha value is -0.130. The fraction of sp³-hybridized carbons (Fsp3) is 1.00. The van der Waals surface area contributed by atoms with Gasteiger partial charge in [0.05, 0.1) is 5.75 Å². The maximum atomic E-state index is 12.7. The molecule has 0 unspecified atom stereocenters. The second kappa shape index (κ2) is 7.76. The maximum Gasteiger partial charge on any atom is 0.214 e. The lowest BCUT2D eigenvalue weighted by molar-refractivity contribution is 0.115. The molecule has 0 aliphatic heterocycles. The summed E-state index contributed by atoms with van der Waals surface area (Å²) in [6.07, 6.45) is 6.49. The highest BCUT2D eigenvalue weighted by Gasteiger charge is 2.43. The van der Waals surface area contributed by atoms with Crippen molar-refractivity contribution in [3.8, 4) is 0 Å². The van der Waals surface area contributed by atoms with E-state index in [4.69, 9.17) is 5.73 Å². The minimum Gasteiger partial charge on any atom is -0.329 e. The number of nitrogens with two attached hydrogens (primary N) is 1. The van der Waals surface area contributed by atoms with Crippen molar-refractivity contribution >= 4 is 10.0 Å². The fourth-order valence-electron chi connectivity index (χ4n) is 3.17. The molecule has 0 atom stereocenters. The first-order valence-electron chi connectivity index (χ1n) is 8.12. The summed E-state index contributed by atoms with van der Waals surface area (Å²) >= 11 is 0. The molecule has 1 saturated carbocycles. The molecule has 0 bridgehead atoms. The third-order valence-electron chi connectivity index (χ3n) is 4.63. The molecule has 0 spiro atoms. The van der Waals surface area contributed by atoms with E-state index in [-0.39, 0.29) is 11.3 Å². The van der Waals surface area contributed by atoms with Crippen molar-refractivity contribution in [2.75, 3.05) is 18.8 Å². The number of sulfonamides is 1. The minimum atomic E-state index is -3.18. The van der Waals surface area contributed by atoms with Gasteiger partial charge in [-0.05, 0) is 44.4 Å². The number of nitrogens with zero attached hydrogens (tertiary/aromatic N) is 1. The van der Waals surface area contributed by atoms with Gasteiger partial charge in [0, 0.05) is 18.6 Å². The highest BCUT2D eigenvalue weighted by atomic mass is 32.2. The third-order valence-corrected chi connectivity index (χ3v) is 6.68. The van der Waals surface area contributed by atoms with Gasteiger partial charge in [0.1, 0.15) is 0 Å². The van der Waals surface area contributed by atoms with Gasteiger partial charge in [-0.1, -0.05) is 27.2 Å². The Kier molecular flexibility index (Phi) is 6.95. The second-order valence-electron chi connectivity index (χ2n) is 6.35. The lowest BCUT2D eigenvalue weighted by Gasteiger charge is -2.46. The SMILES string of the molecule is CCCCS(=O)(=O)N(CCC)C1(CN)CCC(C)CC1. The van der Waals surface area contributed by atoms with Crippen molar-refractivity contribution in [2.45, 2.75) is 71.3 Å². The summed E-state index contributed by atoms with van der Waals surface area (Å²) in [5.41, 5.74) is 5.71. The van der Waals surface area contributed by atoms with Crippen LogP contribution in [0.1, 0.15) is 65.7 Å². The van der Waals surface area contributed by atoms with Gasteiger partial charge in [0.2, 0.25) is 10.0 Å². The zero-order valence-electron chi connectivity index (χ0n) is 13.4. The van der Waals surface area contributed by atoms with Crippen molar-refractivity contribution in [1.82, 2.24) is 4.31 Å². The second-order valence-corrected chi connectivity index (χ2v) is 8.37. The van der Waals surface area contributed by atoms with Crippen LogP contribution in [0, 0.1) is 5.92 Å². The van der Waals surface area contributed by atoms with Crippen LogP contribution >= 0.6 is 0 Å². The van der Waals surface area contributed by atoms with Crippen LogP contribution in [0.5, 0.6) is 0 Å². The average Bonchev–Trinajstić information content (AvgIpc) is 2.44. The Morgan fingerprint density at radius 1 is 1.20 bits per heavy atom. The third kappa shape index (κ3) is 4.18. The Bertz CT molecular complexity index is 373. The summed E-state index contributed by atoms with van der Waals surface area (Å²) in [5, 5.41) is 0. The van der Waals surface area contributed by atoms with Crippen LogP contribution < -0.4 is 5.73 Å². The van der Waals surface area contributed by atoms with E-state index in [1.807, 2.05) is 13.8 Å². The molecule has 1 rings (SSSR count). The van der Waals surface area contributed by atoms with Crippen LogP contribution in [-0.2, 0) is 10.0 Å². The molecule has 0 aromatic carbocycles. The highest BCUT2D eigenvalue weighted by molar-refractivity contribution is 7.89. The Balaban J connectivity index is 2.97. The van der Waals surface area contributed by atoms with Crippen molar-refractivity contribution < 1.29 is 8.42 Å². The first kappa shape index (κ1) is 17.9. The van der Waals surface area contributed by atoms with Gasteiger partial charge in [-0.2, -0.15) is 4.31 Å². The van der Waals surface area contributed by atoms with Crippen molar-refractivity contribution in [2.24, 2.45) is 11.7 Å². The summed E-state index contributed by atoms with van der Waals surface area (Å²) in [6, 6.07) is 0. The molecular weight excluding hydrogens is 272 g/mol. The number of unbranched alkanes of at least 4 members (excludes halogenated alkanes) is 1. The van der Waals surface area contributed by atoms with E-state index in [0.717, 1.165) is 44.9 Å². The molecular formula is C15H32N2O2S. The monoisotopic (exact) mass is 304 g/mol. The maximum absolute atomic E-state index is 12.7. The van der Waals surface area contributed by atoms with Crippen LogP contribution in [0.3, 0.4) is 0 Å². The molecule has 5 heteroatoms. The zero-order valence-corrected chi connectivity index (χ0v) is 14.2. The molecule has 20 heavy (non-hydrogen) atoms. The summed E-state index contributed by atoms with van der Waals surface area (Å²) in [4.78, 5) is 0. The molecule has 0 aromatic rings. The van der Waals surface area contributed by atoms with Gasteiger partial charge in [-0.3, -0.25) is 0 Å². The first-order valence-corrected chi connectivity index (χ1v) is 9.73. The predicted molar refractivity (Wildman–Crippen MR) is 85.1 cm³/mol. The summed E-state index contributed by atoms with van der Waals surface area (Å²) < 4.78 is 27.2. The Morgan fingerprint density at radius 3 is 2.25 bits per heavy atom. The highest BCUT2D eigenvalue weighted by Crippen LogP contribution is 2.37. The van der Waals surface area contributed by atoms with Gasteiger partial charge in [-0.15, -0.1) is 0 Å². The molecule has 4 nitrogen and oxygen atoms in total. The fourth-order valence-corrected chi connectivity index (χ4v) is 5.35. The molecule has 0 radical (unpaired) electrons. The molecule has 1 aliphatic rings. The lowest BCUT2D eigenvalue weighted by Crippen LogP contribution is -2.58. The minimum absolute atomic E-state index is 0.265. The van der Waals surface area contributed by atoms with Crippen molar-refractivity contribution in [1.29, 1.82) is 0 Å². The number of rotatable bonds is 8. The zero-order chi connectivity index (χ0) is 15.2. The summed E-state index contributed by atoms with van der Waals surface area (Å²) in [6.45, 7) is 7.37. The van der Waals surface area contributed by atoms with E-state index >= 15 is 0 Å². The van der Waals surface area contributed by atoms with Crippen LogP contribution in [0.2, 0.25) is 0 Å². The number of hydrogen-bond donors (Lipinski definition) is 1. The van der Waals surface area contributed by atoms with E-state index < -0.39 is 10.0 Å². The normalized spacial score (nSPS) is 27.9. The molecule has 0 aromatic heterocycles. The van der Waals surface area contributed by atoms with E-state index in [1.54, 1.807) is 4.31 Å². The van der Waals surface area contributed by atoms with Gasteiger partial charge in [0.15, 0.2) is 0 Å². The predicted octanol–water partition coefficient (Wildman–Crippen LogP) is 2.74.